The molecule has 0 aliphatic heterocycles. The van der Waals surface area contributed by atoms with Gasteiger partial charge in [-0.1, -0.05) is 11.8 Å². The molecule has 0 saturated carbocycles. The number of thioether (sulfide) groups is 1. The van der Waals surface area contributed by atoms with Crippen LogP contribution in [0.5, 0.6) is 0 Å². The minimum absolute atomic E-state index is 0.139. The van der Waals surface area contributed by atoms with E-state index in [1.54, 1.807) is 18.4 Å². The van der Waals surface area contributed by atoms with Gasteiger partial charge in [-0.15, -0.1) is 0 Å². The van der Waals surface area contributed by atoms with Crippen molar-refractivity contribution >= 4 is 28.7 Å². The Morgan fingerprint density at radius 1 is 1.38 bits per heavy atom. The van der Waals surface area contributed by atoms with E-state index in [0.29, 0.717) is 28.5 Å². The van der Waals surface area contributed by atoms with Crippen LogP contribution in [0.15, 0.2) is 38.8 Å². The van der Waals surface area contributed by atoms with E-state index in [1.165, 1.54) is 0 Å². The van der Waals surface area contributed by atoms with Gasteiger partial charge in [-0.25, -0.2) is 9.97 Å². The monoisotopic (exact) mass is 344 g/mol. The maximum Gasteiger partial charge on any atom is 0.261 e. The van der Waals surface area contributed by atoms with E-state index in [1.807, 2.05) is 19.9 Å². The molecule has 124 valence electrons. The van der Waals surface area contributed by atoms with Crippen molar-refractivity contribution in [2.45, 2.75) is 25.5 Å². The van der Waals surface area contributed by atoms with Crippen LogP contribution in [0, 0.1) is 13.8 Å². The lowest BCUT2D eigenvalue weighted by Gasteiger charge is -2.05. The number of carbonyl (C=O) groups is 1. The average Bonchev–Trinajstić information content (AvgIpc) is 3.03. The smallest absolute Gasteiger partial charge is 0.261 e. The maximum absolute atomic E-state index is 12.2. The molecule has 0 fully saturated rings. The highest BCUT2D eigenvalue weighted by Gasteiger charge is 2.11. The van der Waals surface area contributed by atoms with E-state index in [-0.39, 0.29) is 17.2 Å². The van der Waals surface area contributed by atoms with Crippen molar-refractivity contribution in [1.29, 1.82) is 0 Å². The summed E-state index contributed by atoms with van der Waals surface area (Å²) in [6.45, 7) is 4.03. The number of nitrogens with one attached hydrogen (secondary N) is 2. The number of aryl methyl sites for hydroxylation is 2. The number of furan rings is 1. The molecule has 0 spiro atoms. The van der Waals surface area contributed by atoms with E-state index >= 15 is 0 Å². The quantitative estimate of drug-likeness (QED) is 0.542. The number of rotatable bonds is 5. The van der Waals surface area contributed by atoms with Crippen LogP contribution in [0.2, 0.25) is 0 Å². The minimum Gasteiger partial charge on any atom is -0.467 e. The second-order valence-electron chi connectivity index (χ2n) is 5.29. The van der Waals surface area contributed by atoms with Crippen LogP contribution in [-0.4, -0.2) is 26.6 Å². The predicted molar refractivity (Wildman–Crippen MR) is 90.9 cm³/mol. The van der Waals surface area contributed by atoms with Gasteiger partial charge in [-0.3, -0.25) is 9.59 Å². The molecule has 3 aromatic rings. The Kier molecular flexibility index (Phi) is 4.66. The molecule has 1 amide bonds. The van der Waals surface area contributed by atoms with Crippen LogP contribution in [-0.2, 0) is 11.3 Å². The fourth-order valence-corrected chi connectivity index (χ4v) is 3.00. The summed E-state index contributed by atoms with van der Waals surface area (Å²) in [6, 6.07) is 5.39. The summed E-state index contributed by atoms with van der Waals surface area (Å²) in [5.41, 5.74) is 1.78. The fraction of sp³-hybridized carbons (Fsp3) is 0.250. The standard InChI is InChI=1S/C16H16N4O3S/c1-9-6-10(2)18-14-13(9)15(22)20-16(19-14)24-8-12(21)17-7-11-4-3-5-23-11/h3-6H,7-8H2,1-2H3,(H,17,21)(H,18,19,20,22). The summed E-state index contributed by atoms with van der Waals surface area (Å²) in [5, 5.41) is 3.59. The zero-order valence-corrected chi connectivity index (χ0v) is 14.1. The van der Waals surface area contributed by atoms with Crippen molar-refractivity contribution in [3.05, 3.63) is 51.8 Å². The molecule has 8 heteroatoms. The molecule has 0 saturated heterocycles. The largest absolute Gasteiger partial charge is 0.467 e. The second-order valence-corrected chi connectivity index (χ2v) is 6.26. The number of carbonyl (C=O) groups excluding carboxylic acids is 1. The van der Waals surface area contributed by atoms with Crippen molar-refractivity contribution in [3.63, 3.8) is 0 Å². The first kappa shape index (κ1) is 16.3. The number of aromatic nitrogens is 3. The number of fused-ring (bicyclic) bond motifs is 1. The lowest BCUT2D eigenvalue weighted by Crippen LogP contribution is -2.24. The highest BCUT2D eigenvalue weighted by Crippen LogP contribution is 2.16. The van der Waals surface area contributed by atoms with Gasteiger partial charge in [0.2, 0.25) is 5.91 Å². The van der Waals surface area contributed by atoms with Crippen molar-refractivity contribution in [1.82, 2.24) is 20.3 Å². The third-order valence-corrected chi connectivity index (χ3v) is 4.23. The van der Waals surface area contributed by atoms with Crippen LogP contribution in [0.4, 0.5) is 0 Å². The third-order valence-electron chi connectivity index (χ3n) is 3.36. The van der Waals surface area contributed by atoms with Gasteiger partial charge in [0.1, 0.15) is 5.76 Å². The summed E-state index contributed by atoms with van der Waals surface area (Å²) < 4.78 is 5.14. The van der Waals surface area contributed by atoms with Crippen molar-refractivity contribution in [2.24, 2.45) is 0 Å². The molecule has 24 heavy (non-hydrogen) atoms. The number of amides is 1. The molecule has 3 heterocycles. The first-order valence-corrected chi connectivity index (χ1v) is 8.31. The molecule has 3 rings (SSSR count). The van der Waals surface area contributed by atoms with Crippen molar-refractivity contribution in [3.8, 4) is 0 Å². The van der Waals surface area contributed by atoms with Crippen LogP contribution in [0.1, 0.15) is 17.0 Å². The molecule has 0 atom stereocenters. The van der Waals surface area contributed by atoms with E-state index in [9.17, 15) is 9.59 Å². The summed E-state index contributed by atoms with van der Waals surface area (Å²) in [5.74, 6) is 0.646. The molecule has 0 aliphatic rings. The number of hydrogen-bond acceptors (Lipinski definition) is 6. The van der Waals surface area contributed by atoms with Crippen LogP contribution < -0.4 is 10.9 Å². The van der Waals surface area contributed by atoms with E-state index in [2.05, 4.69) is 20.3 Å². The molecule has 3 aromatic heterocycles. The second kappa shape index (κ2) is 6.88. The zero-order chi connectivity index (χ0) is 17.1. The zero-order valence-electron chi connectivity index (χ0n) is 13.3. The molecule has 0 aliphatic carbocycles. The highest BCUT2D eigenvalue weighted by atomic mass is 32.2. The Labute approximate surface area is 141 Å². The molecule has 0 unspecified atom stereocenters. The topological polar surface area (TPSA) is 101 Å². The normalized spacial score (nSPS) is 10.9. The first-order valence-electron chi connectivity index (χ1n) is 7.33. The van der Waals surface area contributed by atoms with Crippen molar-refractivity contribution < 1.29 is 9.21 Å². The Balaban J connectivity index is 1.69. The average molecular weight is 344 g/mol. The van der Waals surface area contributed by atoms with E-state index < -0.39 is 0 Å². The SMILES string of the molecule is Cc1cc(C)c2c(=O)[nH]c(SCC(=O)NCc3ccco3)nc2n1. The van der Waals surface area contributed by atoms with E-state index in [4.69, 9.17) is 4.42 Å². The molecule has 0 bridgehead atoms. The predicted octanol–water partition coefficient (Wildman–Crippen LogP) is 1.94. The van der Waals surface area contributed by atoms with Gasteiger partial charge in [-0.05, 0) is 37.6 Å². The van der Waals surface area contributed by atoms with Gasteiger partial charge in [-0.2, -0.15) is 0 Å². The number of nitrogens with zero attached hydrogens (tertiary/aromatic N) is 2. The molecule has 0 aromatic carbocycles. The Bertz CT molecular complexity index is 934. The number of hydrogen-bond donors (Lipinski definition) is 2. The summed E-state index contributed by atoms with van der Waals surface area (Å²) in [7, 11) is 0. The Hall–Kier alpha value is -2.61. The maximum atomic E-state index is 12.2. The molecular weight excluding hydrogens is 328 g/mol. The summed E-state index contributed by atoms with van der Waals surface area (Å²) >= 11 is 1.16. The summed E-state index contributed by atoms with van der Waals surface area (Å²) in [6.07, 6.45) is 1.55. The van der Waals surface area contributed by atoms with Gasteiger partial charge in [0.25, 0.3) is 5.56 Å². The number of H-pyrrole nitrogens is 1. The van der Waals surface area contributed by atoms with Gasteiger partial charge < -0.3 is 14.7 Å². The molecular formula is C16H16N4O3S. The van der Waals surface area contributed by atoms with E-state index in [0.717, 1.165) is 23.0 Å². The molecule has 7 nitrogen and oxygen atoms in total. The minimum atomic E-state index is -0.247. The van der Waals surface area contributed by atoms with Crippen molar-refractivity contribution in [2.75, 3.05) is 5.75 Å². The fourth-order valence-electron chi connectivity index (χ4n) is 2.31. The number of pyridine rings is 1. The Morgan fingerprint density at radius 3 is 2.96 bits per heavy atom. The lowest BCUT2D eigenvalue weighted by atomic mass is 10.2. The van der Waals surface area contributed by atoms with Crippen LogP contribution >= 0.6 is 11.8 Å². The molecule has 2 N–H and O–H groups in total. The van der Waals surface area contributed by atoms with Crippen LogP contribution in [0.3, 0.4) is 0 Å². The van der Waals surface area contributed by atoms with Gasteiger partial charge in [0.05, 0.1) is 23.9 Å². The number of aromatic amines is 1. The van der Waals surface area contributed by atoms with Gasteiger partial charge in [0.15, 0.2) is 10.8 Å². The molecule has 0 radical (unpaired) electrons. The third kappa shape index (κ3) is 3.65. The first-order chi connectivity index (χ1) is 11.5. The van der Waals surface area contributed by atoms with Gasteiger partial charge in [0, 0.05) is 5.69 Å². The Morgan fingerprint density at radius 2 is 2.21 bits per heavy atom. The summed E-state index contributed by atoms with van der Waals surface area (Å²) in [4.78, 5) is 35.4. The lowest BCUT2D eigenvalue weighted by molar-refractivity contribution is -0.118. The van der Waals surface area contributed by atoms with Crippen LogP contribution in [0.25, 0.3) is 11.0 Å². The van der Waals surface area contributed by atoms with Gasteiger partial charge >= 0.3 is 0 Å². The highest BCUT2D eigenvalue weighted by molar-refractivity contribution is 7.99.